The second-order valence-electron chi connectivity index (χ2n) is 6.35. The standard InChI is InChI=1S/C19H21ClN2O4S/c1-2-21-10-12-22(13-11-21)27(24,25)16-8-9-18(20)17(14-16)19(23)26-15-6-4-3-5-7-15/h3-9,14H,2,10-13H2,1H3/p+1. The minimum Gasteiger partial charge on any atom is -0.423 e. The van der Waals surface area contributed by atoms with Crippen LogP contribution in [0, 0.1) is 0 Å². The van der Waals surface area contributed by atoms with Gasteiger partial charge in [0.25, 0.3) is 0 Å². The van der Waals surface area contributed by atoms with E-state index in [0.29, 0.717) is 18.8 Å². The Balaban J connectivity index is 1.83. The Morgan fingerprint density at radius 3 is 2.44 bits per heavy atom. The number of nitrogens with zero attached hydrogens (tertiary/aromatic N) is 1. The maximum Gasteiger partial charge on any atom is 0.345 e. The molecule has 6 nitrogen and oxygen atoms in total. The fourth-order valence-corrected chi connectivity index (χ4v) is 4.68. The number of rotatable bonds is 5. The molecule has 2 aromatic rings. The highest BCUT2D eigenvalue weighted by Gasteiger charge is 2.30. The van der Waals surface area contributed by atoms with Crippen molar-refractivity contribution in [3.05, 3.63) is 59.1 Å². The van der Waals surface area contributed by atoms with Gasteiger partial charge in [-0.2, -0.15) is 4.31 Å². The molecule has 0 unspecified atom stereocenters. The topological polar surface area (TPSA) is 68.1 Å². The van der Waals surface area contributed by atoms with Crippen LogP contribution in [0.25, 0.3) is 0 Å². The third-order valence-corrected chi connectivity index (χ3v) is 6.90. The fourth-order valence-electron chi connectivity index (χ4n) is 3.02. The molecule has 0 aliphatic carbocycles. The van der Waals surface area contributed by atoms with Crippen LogP contribution in [0.15, 0.2) is 53.4 Å². The first-order valence-electron chi connectivity index (χ1n) is 8.82. The minimum atomic E-state index is -3.69. The van der Waals surface area contributed by atoms with Crippen LogP contribution >= 0.6 is 11.6 Å². The van der Waals surface area contributed by atoms with Crippen LogP contribution < -0.4 is 9.64 Å². The zero-order chi connectivity index (χ0) is 19.4. The summed E-state index contributed by atoms with van der Waals surface area (Å²) in [5.74, 6) is -0.325. The number of hydrogen-bond donors (Lipinski definition) is 1. The Bertz CT molecular complexity index is 911. The maximum atomic E-state index is 12.9. The Morgan fingerprint density at radius 1 is 1.15 bits per heavy atom. The predicted molar refractivity (Wildman–Crippen MR) is 103 cm³/mol. The summed E-state index contributed by atoms with van der Waals surface area (Å²) in [5, 5.41) is 0.148. The van der Waals surface area contributed by atoms with Crippen molar-refractivity contribution in [2.24, 2.45) is 0 Å². The molecule has 1 heterocycles. The van der Waals surface area contributed by atoms with Crippen molar-refractivity contribution >= 4 is 27.6 Å². The molecule has 1 aliphatic rings. The number of nitrogens with one attached hydrogen (secondary N) is 1. The van der Waals surface area contributed by atoms with Crippen LogP contribution in [0.1, 0.15) is 17.3 Å². The van der Waals surface area contributed by atoms with E-state index in [1.54, 1.807) is 30.3 Å². The Hall–Kier alpha value is -1.93. The first-order valence-corrected chi connectivity index (χ1v) is 10.6. The van der Waals surface area contributed by atoms with Crippen LogP contribution in [0.2, 0.25) is 5.02 Å². The number of likely N-dealkylation sites (N-methyl/N-ethyl adjacent to an activating group) is 1. The Morgan fingerprint density at radius 2 is 1.81 bits per heavy atom. The third-order valence-electron chi connectivity index (χ3n) is 4.68. The molecule has 0 bridgehead atoms. The number of sulfonamides is 1. The first-order chi connectivity index (χ1) is 12.9. The molecular weight excluding hydrogens is 388 g/mol. The van der Waals surface area contributed by atoms with E-state index in [9.17, 15) is 13.2 Å². The highest BCUT2D eigenvalue weighted by Crippen LogP contribution is 2.24. The predicted octanol–water partition coefficient (Wildman–Crippen LogP) is 1.47. The molecule has 1 aliphatic heterocycles. The number of esters is 1. The lowest BCUT2D eigenvalue weighted by Crippen LogP contribution is -3.14. The molecule has 0 saturated carbocycles. The summed E-state index contributed by atoms with van der Waals surface area (Å²) < 4.78 is 32.6. The largest absolute Gasteiger partial charge is 0.423 e. The number of para-hydroxylation sites is 1. The van der Waals surface area contributed by atoms with E-state index in [0.717, 1.165) is 19.6 Å². The second-order valence-corrected chi connectivity index (χ2v) is 8.70. The van der Waals surface area contributed by atoms with E-state index in [2.05, 4.69) is 6.92 Å². The zero-order valence-corrected chi connectivity index (χ0v) is 16.6. The molecule has 27 heavy (non-hydrogen) atoms. The van der Waals surface area contributed by atoms with Crippen molar-refractivity contribution < 1.29 is 22.8 Å². The van der Waals surface area contributed by atoms with E-state index in [4.69, 9.17) is 16.3 Å². The van der Waals surface area contributed by atoms with Gasteiger partial charge >= 0.3 is 5.97 Å². The molecule has 3 rings (SSSR count). The first kappa shape index (κ1) is 19.8. The van der Waals surface area contributed by atoms with Gasteiger partial charge in [-0.1, -0.05) is 29.8 Å². The van der Waals surface area contributed by atoms with Crippen molar-refractivity contribution in [1.82, 2.24) is 4.31 Å². The molecule has 0 atom stereocenters. The maximum absolute atomic E-state index is 12.9. The third kappa shape index (κ3) is 4.50. The SMILES string of the molecule is CC[NH+]1CCN(S(=O)(=O)c2ccc(Cl)c(C(=O)Oc3ccccc3)c2)CC1. The van der Waals surface area contributed by atoms with Gasteiger partial charge in [-0.05, 0) is 37.3 Å². The molecule has 1 saturated heterocycles. The Kier molecular flexibility index (Phi) is 6.16. The summed E-state index contributed by atoms with van der Waals surface area (Å²) in [6.45, 7) is 5.52. The fraction of sp³-hybridized carbons (Fsp3) is 0.316. The highest BCUT2D eigenvalue weighted by atomic mass is 35.5. The lowest BCUT2D eigenvalue weighted by Gasteiger charge is -2.30. The van der Waals surface area contributed by atoms with E-state index in [1.807, 2.05) is 0 Å². The summed E-state index contributed by atoms with van der Waals surface area (Å²) >= 11 is 6.12. The van der Waals surface area contributed by atoms with Crippen molar-refractivity contribution in [3.63, 3.8) is 0 Å². The van der Waals surface area contributed by atoms with Gasteiger partial charge in [0.15, 0.2) is 0 Å². The minimum absolute atomic E-state index is 0.0272. The molecular formula is C19H22ClN2O4S+. The van der Waals surface area contributed by atoms with Crippen molar-refractivity contribution in [2.75, 3.05) is 32.7 Å². The molecule has 2 aromatic carbocycles. The number of ether oxygens (including phenoxy) is 1. The van der Waals surface area contributed by atoms with Crippen molar-refractivity contribution in [1.29, 1.82) is 0 Å². The lowest BCUT2D eigenvalue weighted by atomic mass is 10.2. The number of carbonyl (C=O) groups is 1. The van der Waals surface area contributed by atoms with E-state index in [-0.39, 0.29) is 15.5 Å². The molecule has 1 fully saturated rings. The smallest absolute Gasteiger partial charge is 0.345 e. The molecule has 0 radical (unpaired) electrons. The van der Waals surface area contributed by atoms with E-state index >= 15 is 0 Å². The normalized spacial score (nSPS) is 16.2. The molecule has 8 heteroatoms. The van der Waals surface area contributed by atoms with Gasteiger partial charge in [-0.25, -0.2) is 13.2 Å². The van der Waals surface area contributed by atoms with Gasteiger partial charge in [-0.3, -0.25) is 0 Å². The summed E-state index contributed by atoms with van der Waals surface area (Å²) in [7, 11) is -3.69. The summed E-state index contributed by atoms with van der Waals surface area (Å²) in [5.41, 5.74) is 0.0272. The molecule has 144 valence electrons. The van der Waals surface area contributed by atoms with Gasteiger partial charge in [-0.15, -0.1) is 0 Å². The van der Waals surface area contributed by atoms with E-state index < -0.39 is 16.0 Å². The van der Waals surface area contributed by atoms with Crippen LogP contribution in [-0.4, -0.2) is 51.4 Å². The van der Waals surface area contributed by atoms with Crippen LogP contribution in [0.5, 0.6) is 5.75 Å². The van der Waals surface area contributed by atoms with Gasteiger partial charge in [0.05, 0.1) is 48.2 Å². The zero-order valence-electron chi connectivity index (χ0n) is 15.0. The molecule has 0 amide bonds. The van der Waals surface area contributed by atoms with Crippen molar-refractivity contribution in [2.45, 2.75) is 11.8 Å². The molecule has 0 aromatic heterocycles. The summed E-state index contributed by atoms with van der Waals surface area (Å²) in [4.78, 5) is 13.9. The lowest BCUT2D eigenvalue weighted by molar-refractivity contribution is -0.901. The average molecular weight is 410 g/mol. The second kappa shape index (κ2) is 8.39. The molecule has 1 N–H and O–H groups in total. The number of carbonyl (C=O) groups excluding carboxylic acids is 1. The monoisotopic (exact) mass is 409 g/mol. The van der Waals surface area contributed by atoms with Crippen LogP contribution in [-0.2, 0) is 10.0 Å². The number of quaternary nitrogens is 1. The van der Waals surface area contributed by atoms with Crippen molar-refractivity contribution in [3.8, 4) is 5.75 Å². The van der Waals surface area contributed by atoms with E-state index in [1.165, 1.54) is 27.4 Å². The number of piperazine rings is 1. The van der Waals surface area contributed by atoms with Crippen LogP contribution in [0.3, 0.4) is 0 Å². The van der Waals surface area contributed by atoms with Gasteiger partial charge in [0, 0.05) is 0 Å². The summed E-state index contributed by atoms with van der Waals surface area (Å²) in [6.07, 6.45) is 0. The number of halogens is 1. The van der Waals surface area contributed by atoms with Gasteiger partial charge < -0.3 is 9.64 Å². The van der Waals surface area contributed by atoms with Gasteiger partial charge in [0.2, 0.25) is 10.0 Å². The molecule has 0 spiro atoms. The quantitative estimate of drug-likeness (QED) is 0.599. The highest BCUT2D eigenvalue weighted by molar-refractivity contribution is 7.89. The number of hydrogen-bond acceptors (Lipinski definition) is 4. The Labute approximate surface area is 164 Å². The summed E-state index contributed by atoms with van der Waals surface area (Å²) in [6, 6.07) is 12.7. The average Bonchev–Trinajstić information content (AvgIpc) is 2.69. The number of benzene rings is 2. The van der Waals surface area contributed by atoms with Gasteiger partial charge in [0.1, 0.15) is 5.75 Å². The van der Waals surface area contributed by atoms with Crippen LogP contribution in [0.4, 0.5) is 0 Å².